The Kier molecular flexibility index (Phi) is 16.8. The van der Waals surface area contributed by atoms with Crippen molar-refractivity contribution in [3.05, 3.63) is 78.9 Å². The predicted molar refractivity (Wildman–Crippen MR) is 147 cm³/mol. The molecule has 3 aromatic rings. The van der Waals surface area contributed by atoms with Gasteiger partial charge in [0.15, 0.2) is 0 Å². The largest absolute Gasteiger partial charge is 0.346 e. The van der Waals surface area contributed by atoms with Gasteiger partial charge in [0.25, 0.3) is 5.91 Å². The predicted octanol–water partition coefficient (Wildman–Crippen LogP) is 8.45. The van der Waals surface area contributed by atoms with Crippen molar-refractivity contribution in [2.75, 3.05) is 0 Å². The summed E-state index contributed by atoms with van der Waals surface area (Å²) in [6.07, 6.45) is 3.61. The smallest absolute Gasteiger partial charge is 0.261 e. The zero-order valence-corrected chi connectivity index (χ0v) is 23.5. The number of thiophene rings is 2. The van der Waals surface area contributed by atoms with Crippen molar-refractivity contribution in [2.45, 2.75) is 81.2 Å². The normalized spacial score (nSPS) is 9.44. The van der Waals surface area contributed by atoms with E-state index in [0.717, 1.165) is 16.9 Å². The molecule has 0 saturated heterocycles. The number of amides is 1. The molecule has 1 amide bonds. The van der Waals surface area contributed by atoms with Crippen LogP contribution < -0.4 is 5.32 Å². The minimum atomic E-state index is -0.160. The Morgan fingerprint density at radius 1 is 0.853 bits per heavy atom. The zero-order valence-electron chi connectivity index (χ0n) is 21.9. The Hall–Kier alpha value is -2.31. The van der Waals surface area contributed by atoms with Crippen LogP contribution in [-0.2, 0) is 17.8 Å². The van der Waals surface area contributed by atoms with Crippen LogP contribution in [0.1, 0.15) is 82.9 Å². The van der Waals surface area contributed by atoms with Crippen LogP contribution in [0.15, 0.2) is 42.5 Å². The standard InChI is InChI=1S/C13H15NOS2.C8H9F.C4H10.C3H6O/c1-8-6-10(3)17-12(8)13(15)14-7-11-5-4-9(2)16-11;1-2-7-3-5-8(9)6-4-7;1-3-4-2;1-3(2)4/h4-6H,7H2,1-3H3,(H,14,15);3-6H,2H2,1H3;3-4H2,1-2H3;1-2H3. The average Bonchev–Trinajstić information content (AvgIpc) is 3.36. The number of nitrogens with one attached hydrogen (secondary N) is 1. The van der Waals surface area contributed by atoms with Crippen LogP contribution in [0.25, 0.3) is 0 Å². The highest BCUT2D eigenvalue weighted by Crippen LogP contribution is 2.21. The number of aryl methyl sites for hydroxylation is 4. The van der Waals surface area contributed by atoms with Crippen LogP contribution in [-0.4, -0.2) is 11.7 Å². The van der Waals surface area contributed by atoms with Crippen LogP contribution in [0.2, 0.25) is 0 Å². The van der Waals surface area contributed by atoms with Crippen molar-refractivity contribution >= 4 is 34.4 Å². The molecule has 6 heteroatoms. The maximum Gasteiger partial charge on any atom is 0.261 e. The number of benzene rings is 1. The van der Waals surface area contributed by atoms with Crippen molar-refractivity contribution < 1.29 is 14.0 Å². The van der Waals surface area contributed by atoms with Crippen molar-refractivity contribution in [1.82, 2.24) is 5.32 Å². The van der Waals surface area contributed by atoms with Crippen molar-refractivity contribution in [3.8, 4) is 0 Å². The van der Waals surface area contributed by atoms with Gasteiger partial charge in [0.05, 0.1) is 11.4 Å². The Balaban J connectivity index is 0.000000534. The molecule has 34 heavy (non-hydrogen) atoms. The first kappa shape index (κ1) is 31.7. The molecule has 0 spiro atoms. The first-order valence-corrected chi connectivity index (χ1v) is 13.3. The zero-order chi connectivity index (χ0) is 26.1. The topological polar surface area (TPSA) is 46.2 Å². The van der Waals surface area contributed by atoms with Gasteiger partial charge in [-0.1, -0.05) is 45.7 Å². The third kappa shape index (κ3) is 14.8. The first-order chi connectivity index (χ1) is 16.0. The third-order valence-electron chi connectivity index (χ3n) is 4.29. The summed E-state index contributed by atoms with van der Waals surface area (Å²) in [5, 5.41) is 2.96. The van der Waals surface area contributed by atoms with Crippen molar-refractivity contribution in [3.63, 3.8) is 0 Å². The van der Waals surface area contributed by atoms with Crippen LogP contribution in [0.3, 0.4) is 0 Å². The Morgan fingerprint density at radius 2 is 1.41 bits per heavy atom. The summed E-state index contributed by atoms with van der Waals surface area (Å²) in [6.45, 7) is 16.2. The number of rotatable bonds is 5. The quantitative estimate of drug-likeness (QED) is 0.378. The van der Waals surface area contributed by atoms with Crippen molar-refractivity contribution in [1.29, 1.82) is 0 Å². The molecule has 2 aromatic heterocycles. The van der Waals surface area contributed by atoms with Crippen molar-refractivity contribution in [2.24, 2.45) is 0 Å². The molecule has 1 aromatic carbocycles. The van der Waals surface area contributed by atoms with E-state index in [1.54, 1.807) is 34.8 Å². The molecule has 3 rings (SSSR count). The van der Waals surface area contributed by atoms with Crippen LogP contribution in [0.5, 0.6) is 0 Å². The molecule has 0 radical (unpaired) electrons. The van der Waals surface area contributed by atoms with E-state index < -0.39 is 0 Å². The van der Waals surface area contributed by atoms with E-state index in [9.17, 15) is 14.0 Å². The number of hydrogen-bond acceptors (Lipinski definition) is 4. The molecule has 3 nitrogen and oxygen atoms in total. The molecule has 0 atom stereocenters. The van der Waals surface area contributed by atoms with Gasteiger partial charge in [-0.05, 0) is 82.5 Å². The maximum absolute atomic E-state index is 12.2. The molecular formula is C28H40FNO2S2. The summed E-state index contributed by atoms with van der Waals surface area (Å²) in [5.74, 6) is 0.0406. The molecule has 0 saturated carbocycles. The monoisotopic (exact) mass is 505 g/mol. The average molecular weight is 506 g/mol. The highest BCUT2D eigenvalue weighted by Gasteiger charge is 2.11. The second-order valence-electron chi connectivity index (χ2n) is 7.95. The van der Waals surface area contributed by atoms with Gasteiger partial charge < -0.3 is 10.1 Å². The number of ketones is 1. The fraction of sp³-hybridized carbons (Fsp3) is 0.429. The maximum atomic E-state index is 12.2. The summed E-state index contributed by atoms with van der Waals surface area (Å²) in [6, 6.07) is 12.8. The minimum absolute atomic E-state index is 0.0339. The number of Topliss-reactive ketones (excluding diaryl/α,β-unsaturated/α-hetero) is 1. The lowest BCUT2D eigenvalue weighted by atomic mass is 10.2. The first-order valence-electron chi connectivity index (χ1n) is 11.7. The van der Waals surface area contributed by atoms with Gasteiger partial charge in [0.2, 0.25) is 0 Å². The SMILES string of the molecule is CC(C)=O.CCCC.CCc1ccc(F)cc1.Cc1ccc(CNC(=O)c2sc(C)cc2C)s1. The number of hydrogen-bond donors (Lipinski definition) is 1. The van der Waals surface area contributed by atoms with E-state index in [4.69, 9.17) is 0 Å². The molecule has 1 N–H and O–H groups in total. The van der Waals surface area contributed by atoms with E-state index in [0.29, 0.717) is 6.54 Å². The van der Waals surface area contributed by atoms with Crippen LogP contribution in [0, 0.1) is 26.6 Å². The third-order valence-corrected chi connectivity index (χ3v) is 6.44. The van der Waals surface area contributed by atoms with Crippen LogP contribution >= 0.6 is 22.7 Å². The van der Waals surface area contributed by atoms with E-state index in [1.807, 2.05) is 20.8 Å². The van der Waals surface area contributed by atoms with Gasteiger partial charge in [-0.2, -0.15) is 0 Å². The second-order valence-corrected chi connectivity index (χ2v) is 10.6. The minimum Gasteiger partial charge on any atom is -0.346 e. The summed E-state index contributed by atoms with van der Waals surface area (Å²) in [4.78, 5) is 25.9. The molecule has 0 bridgehead atoms. The number of carbonyl (C=O) groups is 2. The lowest BCUT2D eigenvalue weighted by molar-refractivity contribution is -0.115. The number of unbranched alkanes of at least 4 members (excludes halogenated alkanes) is 1. The fourth-order valence-electron chi connectivity index (χ4n) is 2.41. The fourth-order valence-corrected chi connectivity index (χ4v) is 4.19. The number of halogens is 1. The molecule has 0 fully saturated rings. The highest BCUT2D eigenvalue weighted by atomic mass is 32.1. The molecule has 2 heterocycles. The molecule has 188 valence electrons. The van der Waals surface area contributed by atoms with Gasteiger partial charge in [-0.3, -0.25) is 4.79 Å². The van der Waals surface area contributed by atoms with E-state index in [1.165, 1.54) is 59.0 Å². The van der Waals surface area contributed by atoms with Crippen LogP contribution in [0.4, 0.5) is 4.39 Å². The van der Waals surface area contributed by atoms with Gasteiger partial charge in [0.1, 0.15) is 11.6 Å². The molecule has 0 aliphatic rings. The van der Waals surface area contributed by atoms with Gasteiger partial charge in [-0.15, -0.1) is 22.7 Å². The Morgan fingerprint density at radius 3 is 1.79 bits per heavy atom. The van der Waals surface area contributed by atoms with E-state index in [-0.39, 0.29) is 17.5 Å². The molecule has 0 unspecified atom stereocenters. The van der Waals surface area contributed by atoms with Gasteiger partial charge in [-0.25, -0.2) is 4.39 Å². The Labute approximate surface area is 213 Å². The summed E-state index contributed by atoms with van der Waals surface area (Å²) < 4.78 is 12.2. The van der Waals surface area contributed by atoms with Gasteiger partial charge >= 0.3 is 0 Å². The van der Waals surface area contributed by atoms with E-state index >= 15 is 0 Å². The summed E-state index contributed by atoms with van der Waals surface area (Å²) in [7, 11) is 0. The second kappa shape index (κ2) is 18.1. The highest BCUT2D eigenvalue weighted by molar-refractivity contribution is 7.14. The Bertz CT molecular complexity index is 969. The number of carbonyl (C=O) groups excluding carboxylic acids is 2. The van der Waals surface area contributed by atoms with E-state index in [2.05, 4.69) is 44.3 Å². The summed E-state index contributed by atoms with van der Waals surface area (Å²) in [5.41, 5.74) is 2.24. The molecule has 0 aliphatic carbocycles. The molecule has 0 aliphatic heterocycles. The lowest BCUT2D eigenvalue weighted by Crippen LogP contribution is -2.21. The van der Waals surface area contributed by atoms with Gasteiger partial charge in [0, 0.05) is 14.6 Å². The lowest BCUT2D eigenvalue weighted by Gasteiger charge is -2.02. The summed E-state index contributed by atoms with van der Waals surface area (Å²) >= 11 is 3.28. The molecular weight excluding hydrogens is 465 g/mol.